The highest BCUT2D eigenvalue weighted by Crippen LogP contribution is 2.29. The molecule has 0 unspecified atom stereocenters. The number of rotatable bonds is 5. The summed E-state index contributed by atoms with van der Waals surface area (Å²) in [5, 5.41) is 4.74. The van der Waals surface area contributed by atoms with Crippen molar-refractivity contribution in [1.82, 2.24) is 10.2 Å². The van der Waals surface area contributed by atoms with Gasteiger partial charge in [-0.05, 0) is 37.1 Å². The molecule has 29 heavy (non-hydrogen) atoms. The molecule has 1 saturated heterocycles. The second-order valence-corrected chi connectivity index (χ2v) is 7.86. The number of fused-ring (bicyclic) bond motifs is 1. The van der Waals surface area contributed by atoms with Crippen LogP contribution in [0.1, 0.15) is 33.3 Å². The second-order valence-electron chi connectivity index (χ2n) is 7.45. The summed E-state index contributed by atoms with van der Waals surface area (Å²) >= 11 is 6.47. The van der Waals surface area contributed by atoms with E-state index in [2.05, 4.69) is 10.2 Å². The molecule has 0 spiro atoms. The van der Waals surface area contributed by atoms with E-state index in [1.807, 2.05) is 56.3 Å². The Hall–Kier alpha value is -2.34. The zero-order chi connectivity index (χ0) is 20.4. The minimum absolute atomic E-state index is 0.0246. The highest BCUT2D eigenvalue weighted by Gasteiger charge is 2.26. The van der Waals surface area contributed by atoms with Gasteiger partial charge in [0, 0.05) is 35.6 Å². The van der Waals surface area contributed by atoms with Crippen molar-refractivity contribution in [2.24, 2.45) is 0 Å². The first-order chi connectivity index (χ1) is 14.0. The molecule has 1 fully saturated rings. The van der Waals surface area contributed by atoms with Crippen LogP contribution in [0.2, 0.25) is 5.02 Å². The van der Waals surface area contributed by atoms with E-state index in [1.54, 1.807) is 0 Å². The molecule has 1 aromatic heterocycles. The fraction of sp³-hybridized carbons (Fsp3) is 0.348. The van der Waals surface area contributed by atoms with Crippen LogP contribution in [0, 0.1) is 13.8 Å². The summed E-state index contributed by atoms with van der Waals surface area (Å²) in [5.74, 6) is 0.159. The molecule has 1 aliphatic rings. The van der Waals surface area contributed by atoms with Crippen LogP contribution in [0.3, 0.4) is 0 Å². The summed E-state index contributed by atoms with van der Waals surface area (Å²) in [6.45, 7) is 7.33. The van der Waals surface area contributed by atoms with Crippen LogP contribution < -0.4 is 5.32 Å². The molecule has 3 aromatic rings. The number of aryl methyl sites for hydroxylation is 2. The van der Waals surface area contributed by atoms with Crippen LogP contribution >= 0.6 is 11.6 Å². The third kappa shape index (κ3) is 4.17. The third-order valence-corrected chi connectivity index (χ3v) is 5.85. The Labute approximate surface area is 175 Å². The molecular weight excluding hydrogens is 388 g/mol. The van der Waals surface area contributed by atoms with Gasteiger partial charge in [0.25, 0.3) is 5.91 Å². The molecule has 1 N–H and O–H groups in total. The molecule has 4 rings (SSSR count). The number of carbonyl (C=O) groups excluding carboxylic acids is 1. The maximum absolute atomic E-state index is 12.9. The Bertz CT molecular complexity index is 1020. The average Bonchev–Trinajstić information content (AvgIpc) is 3.06. The molecule has 0 saturated carbocycles. The van der Waals surface area contributed by atoms with Crippen LogP contribution in [0.5, 0.6) is 0 Å². The number of morpholine rings is 1. The lowest BCUT2D eigenvalue weighted by Gasteiger charge is -2.35. The van der Waals surface area contributed by atoms with E-state index in [9.17, 15) is 4.79 Å². The number of amides is 1. The van der Waals surface area contributed by atoms with E-state index < -0.39 is 0 Å². The lowest BCUT2D eigenvalue weighted by atomic mass is 10.0. The van der Waals surface area contributed by atoms with Crippen LogP contribution in [0.4, 0.5) is 0 Å². The summed E-state index contributed by atoms with van der Waals surface area (Å²) in [6, 6.07) is 13.8. The zero-order valence-electron chi connectivity index (χ0n) is 16.7. The number of nitrogens with one attached hydrogen (secondary N) is 1. The molecule has 0 aliphatic carbocycles. The van der Waals surface area contributed by atoms with Crippen molar-refractivity contribution >= 4 is 28.5 Å². The van der Waals surface area contributed by atoms with Gasteiger partial charge in [0.05, 0.1) is 19.3 Å². The van der Waals surface area contributed by atoms with Crippen LogP contribution in [0.15, 0.2) is 46.9 Å². The van der Waals surface area contributed by atoms with Crippen molar-refractivity contribution in [1.29, 1.82) is 0 Å². The number of hydrogen-bond donors (Lipinski definition) is 1. The Balaban J connectivity index is 1.56. The summed E-state index contributed by atoms with van der Waals surface area (Å²) in [7, 11) is 0. The zero-order valence-corrected chi connectivity index (χ0v) is 17.5. The molecule has 1 aliphatic heterocycles. The number of halogens is 1. The largest absolute Gasteiger partial charge is 0.451 e. The number of nitrogens with zero attached hydrogens (tertiary/aromatic N) is 1. The maximum atomic E-state index is 12.9. The first-order valence-electron chi connectivity index (χ1n) is 9.89. The Morgan fingerprint density at radius 1 is 1.17 bits per heavy atom. The summed E-state index contributed by atoms with van der Waals surface area (Å²) < 4.78 is 11.4. The van der Waals surface area contributed by atoms with Crippen LogP contribution in [-0.4, -0.2) is 43.7 Å². The highest BCUT2D eigenvalue weighted by atomic mass is 35.5. The van der Waals surface area contributed by atoms with E-state index in [1.165, 1.54) is 0 Å². The van der Waals surface area contributed by atoms with Crippen molar-refractivity contribution in [3.63, 3.8) is 0 Å². The lowest BCUT2D eigenvalue weighted by molar-refractivity contribution is 0.0162. The number of furan rings is 1. The van der Waals surface area contributed by atoms with Crippen molar-refractivity contribution in [2.45, 2.75) is 19.9 Å². The predicted octanol–water partition coefficient (Wildman–Crippen LogP) is 4.51. The number of hydrogen-bond acceptors (Lipinski definition) is 4. The first kappa shape index (κ1) is 20.0. The van der Waals surface area contributed by atoms with Gasteiger partial charge in [-0.25, -0.2) is 0 Å². The van der Waals surface area contributed by atoms with E-state index in [-0.39, 0.29) is 11.9 Å². The minimum Gasteiger partial charge on any atom is -0.451 e. The normalized spacial score (nSPS) is 16.1. The maximum Gasteiger partial charge on any atom is 0.287 e. The number of benzene rings is 2. The predicted molar refractivity (Wildman–Crippen MR) is 115 cm³/mol. The van der Waals surface area contributed by atoms with Gasteiger partial charge >= 0.3 is 0 Å². The average molecular weight is 413 g/mol. The highest BCUT2D eigenvalue weighted by molar-refractivity contribution is 6.31. The third-order valence-electron chi connectivity index (χ3n) is 5.51. The molecule has 2 heterocycles. The molecular formula is C23H25ClN2O3. The Morgan fingerprint density at radius 3 is 2.69 bits per heavy atom. The van der Waals surface area contributed by atoms with Crippen molar-refractivity contribution in [3.05, 3.63) is 69.9 Å². The van der Waals surface area contributed by atoms with Gasteiger partial charge in [-0.2, -0.15) is 0 Å². The second kappa shape index (κ2) is 8.57. The molecule has 1 amide bonds. The van der Waals surface area contributed by atoms with E-state index >= 15 is 0 Å². The quantitative estimate of drug-likeness (QED) is 0.670. The van der Waals surface area contributed by atoms with Gasteiger partial charge in [-0.1, -0.05) is 41.9 Å². The molecule has 5 nitrogen and oxygen atoms in total. The Morgan fingerprint density at radius 2 is 1.93 bits per heavy atom. The van der Waals surface area contributed by atoms with Gasteiger partial charge in [0.15, 0.2) is 5.76 Å². The molecule has 0 bridgehead atoms. The van der Waals surface area contributed by atoms with Crippen molar-refractivity contribution < 1.29 is 13.9 Å². The van der Waals surface area contributed by atoms with Gasteiger partial charge < -0.3 is 14.5 Å². The van der Waals surface area contributed by atoms with Crippen molar-refractivity contribution in [3.8, 4) is 0 Å². The number of ether oxygens (including phenoxy) is 1. The monoisotopic (exact) mass is 412 g/mol. The van der Waals surface area contributed by atoms with Gasteiger partial charge in [0.2, 0.25) is 0 Å². The van der Waals surface area contributed by atoms with Crippen LogP contribution in [-0.2, 0) is 4.74 Å². The summed E-state index contributed by atoms with van der Waals surface area (Å²) in [4.78, 5) is 15.2. The van der Waals surface area contributed by atoms with Crippen molar-refractivity contribution in [2.75, 3.05) is 32.8 Å². The summed E-state index contributed by atoms with van der Waals surface area (Å²) in [6.07, 6.45) is 0. The van der Waals surface area contributed by atoms with Gasteiger partial charge in [-0.3, -0.25) is 9.69 Å². The molecule has 2 aromatic carbocycles. The minimum atomic E-state index is -0.207. The van der Waals surface area contributed by atoms with Gasteiger partial charge in [0.1, 0.15) is 5.58 Å². The SMILES string of the molecule is Cc1ccc2c(C)c(C(=O)NC[C@@H](c3ccccc3Cl)N3CCOCC3)oc2c1. The lowest BCUT2D eigenvalue weighted by Crippen LogP contribution is -2.44. The van der Waals surface area contributed by atoms with E-state index in [0.29, 0.717) is 30.5 Å². The number of carbonyl (C=O) groups is 1. The van der Waals surface area contributed by atoms with Gasteiger partial charge in [-0.15, -0.1) is 0 Å². The fourth-order valence-electron chi connectivity index (χ4n) is 3.89. The summed E-state index contributed by atoms with van der Waals surface area (Å²) in [5.41, 5.74) is 3.71. The molecule has 0 radical (unpaired) electrons. The molecule has 1 atom stereocenters. The molecule has 152 valence electrons. The fourth-order valence-corrected chi connectivity index (χ4v) is 4.15. The standard InChI is InChI=1S/C23H25ClN2O3/c1-15-7-8-17-16(2)22(29-21(17)13-15)23(27)25-14-20(26-9-11-28-12-10-26)18-5-3-4-6-19(18)24/h3-8,13,20H,9-12,14H2,1-2H3,(H,25,27)/t20-/m0/s1. The van der Waals surface area contributed by atoms with Crippen LogP contribution in [0.25, 0.3) is 11.0 Å². The first-order valence-corrected chi connectivity index (χ1v) is 10.3. The smallest absolute Gasteiger partial charge is 0.287 e. The Kier molecular flexibility index (Phi) is 5.90. The van der Waals surface area contributed by atoms with E-state index in [0.717, 1.165) is 40.7 Å². The van der Waals surface area contributed by atoms with E-state index in [4.69, 9.17) is 20.8 Å². The topological polar surface area (TPSA) is 54.7 Å². The molecule has 6 heteroatoms.